The molecular formula is C8H11N3O2. The van der Waals surface area contributed by atoms with Crippen LogP contribution >= 0.6 is 0 Å². The highest BCUT2D eigenvalue weighted by atomic mass is 16.6. The zero-order valence-electron chi connectivity index (χ0n) is 7.63. The molecule has 1 aliphatic rings. The van der Waals surface area contributed by atoms with Gasteiger partial charge in [-0.3, -0.25) is 0 Å². The fourth-order valence-corrected chi connectivity index (χ4v) is 1.22. The summed E-state index contributed by atoms with van der Waals surface area (Å²) in [4.78, 5) is 8.30. The lowest BCUT2D eigenvalue weighted by Crippen LogP contribution is -2.18. The summed E-state index contributed by atoms with van der Waals surface area (Å²) in [7, 11) is 1.79. The summed E-state index contributed by atoms with van der Waals surface area (Å²) >= 11 is 0. The number of nitrogens with zero attached hydrogens (tertiary/aromatic N) is 2. The minimum atomic E-state index is 0.531. The van der Waals surface area contributed by atoms with Crippen LogP contribution in [0, 0.1) is 6.92 Å². The molecule has 0 spiro atoms. The fourth-order valence-electron chi connectivity index (χ4n) is 1.22. The van der Waals surface area contributed by atoms with Crippen LogP contribution < -0.4 is 14.8 Å². The van der Waals surface area contributed by atoms with Gasteiger partial charge in [0.2, 0.25) is 5.75 Å². The molecule has 5 nitrogen and oxygen atoms in total. The Bertz CT molecular complexity index is 310. The molecule has 2 heterocycles. The van der Waals surface area contributed by atoms with Crippen molar-refractivity contribution in [2.24, 2.45) is 0 Å². The number of hydrogen-bond donors (Lipinski definition) is 1. The van der Waals surface area contributed by atoms with Gasteiger partial charge < -0.3 is 14.8 Å². The molecule has 1 aromatic heterocycles. The Morgan fingerprint density at radius 1 is 1.23 bits per heavy atom. The molecule has 5 heteroatoms. The van der Waals surface area contributed by atoms with Gasteiger partial charge in [-0.1, -0.05) is 0 Å². The van der Waals surface area contributed by atoms with Crippen LogP contribution in [-0.4, -0.2) is 30.2 Å². The minimum Gasteiger partial charge on any atom is -0.482 e. The van der Waals surface area contributed by atoms with E-state index in [4.69, 9.17) is 9.47 Å². The molecule has 0 amide bonds. The van der Waals surface area contributed by atoms with Gasteiger partial charge in [-0.25, -0.2) is 4.98 Å². The van der Waals surface area contributed by atoms with Crippen LogP contribution in [0.3, 0.4) is 0 Å². The Balaban J connectivity index is 2.50. The maximum Gasteiger partial charge on any atom is 0.262 e. The molecule has 0 aliphatic carbocycles. The van der Waals surface area contributed by atoms with Crippen LogP contribution in [0.5, 0.6) is 11.6 Å². The van der Waals surface area contributed by atoms with E-state index in [0.29, 0.717) is 36.5 Å². The van der Waals surface area contributed by atoms with Crippen molar-refractivity contribution in [2.75, 3.05) is 25.6 Å². The van der Waals surface area contributed by atoms with Crippen LogP contribution in [-0.2, 0) is 0 Å². The zero-order valence-corrected chi connectivity index (χ0v) is 7.63. The fraction of sp³-hybridized carbons (Fsp3) is 0.500. The number of hydrogen-bond acceptors (Lipinski definition) is 5. The Kier molecular flexibility index (Phi) is 1.92. The Hall–Kier alpha value is -1.52. The third-order valence-corrected chi connectivity index (χ3v) is 1.75. The van der Waals surface area contributed by atoms with E-state index in [2.05, 4.69) is 15.3 Å². The van der Waals surface area contributed by atoms with Crippen molar-refractivity contribution >= 4 is 5.82 Å². The van der Waals surface area contributed by atoms with E-state index in [-0.39, 0.29) is 0 Å². The lowest BCUT2D eigenvalue weighted by molar-refractivity contribution is 0.164. The van der Waals surface area contributed by atoms with Gasteiger partial charge >= 0.3 is 0 Å². The largest absolute Gasteiger partial charge is 0.482 e. The van der Waals surface area contributed by atoms with Crippen molar-refractivity contribution in [1.82, 2.24) is 9.97 Å². The number of anilines is 1. The molecule has 0 bridgehead atoms. The summed E-state index contributed by atoms with van der Waals surface area (Å²) in [5, 5.41) is 2.94. The van der Waals surface area contributed by atoms with Crippen molar-refractivity contribution in [3.05, 3.63) is 5.82 Å². The number of fused-ring (bicyclic) bond motifs is 1. The molecule has 1 N–H and O–H groups in total. The first-order valence-electron chi connectivity index (χ1n) is 4.13. The van der Waals surface area contributed by atoms with E-state index in [0.717, 1.165) is 0 Å². The van der Waals surface area contributed by atoms with E-state index >= 15 is 0 Å². The Morgan fingerprint density at radius 2 is 2.00 bits per heavy atom. The van der Waals surface area contributed by atoms with Gasteiger partial charge in [-0.2, -0.15) is 4.98 Å². The Morgan fingerprint density at radius 3 is 2.77 bits per heavy atom. The van der Waals surface area contributed by atoms with Crippen molar-refractivity contribution in [3.63, 3.8) is 0 Å². The molecule has 0 saturated carbocycles. The van der Waals surface area contributed by atoms with Gasteiger partial charge in [-0.15, -0.1) is 0 Å². The Labute approximate surface area is 76.1 Å². The summed E-state index contributed by atoms with van der Waals surface area (Å²) in [5.74, 6) is 2.50. The normalized spacial score (nSPS) is 14.0. The lowest BCUT2D eigenvalue weighted by Gasteiger charge is -2.19. The second kappa shape index (κ2) is 3.08. The molecule has 0 fully saturated rings. The molecule has 0 atom stereocenters. The summed E-state index contributed by atoms with van der Waals surface area (Å²) in [6, 6.07) is 0. The number of aromatic nitrogens is 2. The lowest BCUT2D eigenvalue weighted by atomic mass is 10.4. The monoisotopic (exact) mass is 181 g/mol. The first kappa shape index (κ1) is 8.10. The van der Waals surface area contributed by atoms with Crippen LogP contribution in [0.4, 0.5) is 5.82 Å². The quantitative estimate of drug-likeness (QED) is 0.687. The molecule has 13 heavy (non-hydrogen) atoms. The van der Waals surface area contributed by atoms with E-state index in [9.17, 15) is 0 Å². The molecule has 1 aliphatic heterocycles. The van der Waals surface area contributed by atoms with E-state index < -0.39 is 0 Å². The van der Waals surface area contributed by atoms with Gasteiger partial charge in [-0.05, 0) is 6.92 Å². The average molecular weight is 181 g/mol. The van der Waals surface area contributed by atoms with Crippen LogP contribution in [0.25, 0.3) is 0 Å². The minimum absolute atomic E-state index is 0.531. The summed E-state index contributed by atoms with van der Waals surface area (Å²) < 4.78 is 10.7. The molecule has 2 rings (SSSR count). The first-order chi connectivity index (χ1) is 6.31. The highest BCUT2D eigenvalue weighted by Gasteiger charge is 2.18. The standard InChI is InChI=1S/C8H11N3O2/c1-5-10-7(9-2)6-8(11-5)13-4-3-12-6/h3-4H2,1-2H3,(H,9,10,11). The van der Waals surface area contributed by atoms with Crippen molar-refractivity contribution in [2.45, 2.75) is 6.92 Å². The smallest absolute Gasteiger partial charge is 0.262 e. The highest BCUT2D eigenvalue weighted by molar-refractivity contribution is 5.55. The SMILES string of the molecule is CNc1nc(C)nc2c1OCCO2. The van der Waals surface area contributed by atoms with E-state index in [1.54, 1.807) is 7.05 Å². The van der Waals surface area contributed by atoms with Gasteiger partial charge in [0.15, 0.2) is 5.82 Å². The molecule has 0 aromatic carbocycles. The number of rotatable bonds is 1. The highest BCUT2D eigenvalue weighted by Crippen LogP contribution is 2.33. The average Bonchev–Trinajstić information content (AvgIpc) is 2.16. The molecule has 0 radical (unpaired) electrons. The third-order valence-electron chi connectivity index (χ3n) is 1.75. The second-order valence-electron chi connectivity index (χ2n) is 2.70. The van der Waals surface area contributed by atoms with Crippen LogP contribution in [0.15, 0.2) is 0 Å². The van der Waals surface area contributed by atoms with Gasteiger partial charge in [0, 0.05) is 7.05 Å². The zero-order chi connectivity index (χ0) is 9.26. The topological polar surface area (TPSA) is 56.3 Å². The molecule has 0 saturated heterocycles. The summed E-state index contributed by atoms with van der Waals surface area (Å²) in [6.07, 6.45) is 0. The van der Waals surface area contributed by atoms with Gasteiger partial charge in [0.1, 0.15) is 19.0 Å². The van der Waals surface area contributed by atoms with Crippen molar-refractivity contribution in [3.8, 4) is 11.6 Å². The molecule has 1 aromatic rings. The van der Waals surface area contributed by atoms with Crippen LogP contribution in [0.2, 0.25) is 0 Å². The van der Waals surface area contributed by atoms with Gasteiger partial charge in [0.25, 0.3) is 5.88 Å². The summed E-state index contributed by atoms with van der Waals surface area (Å²) in [6.45, 7) is 2.92. The van der Waals surface area contributed by atoms with E-state index in [1.807, 2.05) is 6.92 Å². The van der Waals surface area contributed by atoms with Crippen molar-refractivity contribution < 1.29 is 9.47 Å². The second-order valence-corrected chi connectivity index (χ2v) is 2.70. The van der Waals surface area contributed by atoms with Crippen molar-refractivity contribution in [1.29, 1.82) is 0 Å². The molecule has 70 valence electrons. The molecular weight excluding hydrogens is 170 g/mol. The number of ether oxygens (including phenoxy) is 2. The maximum absolute atomic E-state index is 5.39. The number of aryl methyl sites for hydroxylation is 1. The van der Waals surface area contributed by atoms with Crippen LogP contribution in [0.1, 0.15) is 5.82 Å². The third kappa shape index (κ3) is 1.37. The first-order valence-corrected chi connectivity index (χ1v) is 4.13. The predicted octanol–water partition coefficient (Wildman–Crippen LogP) is 0.598. The maximum atomic E-state index is 5.39. The number of nitrogens with one attached hydrogen (secondary N) is 1. The predicted molar refractivity (Wildman–Crippen MR) is 47.3 cm³/mol. The van der Waals surface area contributed by atoms with Gasteiger partial charge in [0.05, 0.1) is 0 Å². The van der Waals surface area contributed by atoms with E-state index in [1.165, 1.54) is 0 Å². The summed E-state index contributed by atoms with van der Waals surface area (Å²) in [5.41, 5.74) is 0. The molecule has 0 unspecified atom stereocenters.